The highest BCUT2D eigenvalue weighted by molar-refractivity contribution is 5.93. The number of benzene rings is 5. The predicted octanol–water partition coefficient (Wildman–Crippen LogP) is 9.88. The fourth-order valence-electron chi connectivity index (χ4n) is 5.89. The van der Waals surface area contributed by atoms with E-state index in [9.17, 15) is 28.8 Å². The van der Waals surface area contributed by atoms with Crippen molar-refractivity contribution in [2.75, 3.05) is 39.6 Å². The van der Waals surface area contributed by atoms with Crippen LogP contribution in [0.25, 0.3) is 0 Å². The molecular formula is C56H55NO15. The molecule has 0 radical (unpaired) electrons. The SMILES string of the molecule is C=CC(=O)OCCCCCCOc1ccc(C(=O)Oc2ccc(C#N)cc2)cc1.C=CC(=O)OCCCOc1ccc(C(=O)Oc2ccc(OC(=O)c3ccc(OCCCOC(=O)C=C)cc3)c(C)c2)cc1. The fraction of sp³-hybridized carbons (Fsp3) is 0.232. The Labute approximate surface area is 417 Å². The highest BCUT2D eigenvalue weighted by Gasteiger charge is 2.15. The Morgan fingerprint density at radius 2 is 0.778 bits per heavy atom. The van der Waals surface area contributed by atoms with Crippen molar-refractivity contribution in [3.8, 4) is 40.6 Å². The number of esters is 6. The first kappa shape index (κ1) is 55.6. The van der Waals surface area contributed by atoms with Gasteiger partial charge in [-0.3, -0.25) is 0 Å². The summed E-state index contributed by atoms with van der Waals surface area (Å²) in [6, 6.07) is 32.7. The Morgan fingerprint density at radius 3 is 1.18 bits per heavy atom. The molecule has 0 bridgehead atoms. The first-order valence-corrected chi connectivity index (χ1v) is 22.7. The molecule has 0 fully saturated rings. The van der Waals surface area contributed by atoms with Crippen LogP contribution >= 0.6 is 0 Å². The molecule has 0 aliphatic rings. The third-order valence-electron chi connectivity index (χ3n) is 9.68. The Kier molecular flexibility index (Phi) is 24.1. The number of nitrogens with zero attached hydrogens (tertiary/aromatic N) is 1. The van der Waals surface area contributed by atoms with E-state index >= 15 is 0 Å². The van der Waals surface area contributed by atoms with Crippen molar-refractivity contribution in [3.05, 3.63) is 181 Å². The summed E-state index contributed by atoms with van der Waals surface area (Å²) in [6.07, 6.45) is 8.00. The van der Waals surface area contributed by atoms with Crippen molar-refractivity contribution in [2.24, 2.45) is 0 Å². The second-order valence-electron chi connectivity index (χ2n) is 15.1. The normalized spacial score (nSPS) is 10.1. The van der Waals surface area contributed by atoms with Gasteiger partial charge in [0.15, 0.2) is 0 Å². The summed E-state index contributed by atoms with van der Waals surface area (Å²) >= 11 is 0. The molecule has 5 rings (SSSR count). The van der Waals surface area contributed by atoms with Gasteiger partial charge in [0.05, 0.1) is 68.0 Å². The van der Waals surface area contributed by atoms with Gasteiger partial charge in [-0.1, -0.05) is 19.7 Å². The van der Waals surface area contributed by atoms with Gasteiger partial charge in [0.2, 0.25) is 0 Å². The van der Waals surface area contributed by atoms with E-state index in [0.29, 0.717) is 95.8 Å². The third-order valence-corrected chi connectivity index (χ3v) is 9.68. The van der Waals surface area contributed by atoms with Crippen molar-refractivity contribution in [2.45, 2.75) is 45.4 Å². The molecule has 0 aliphatic carbocycles. The number of nitriles is 1. The van der Waals surface area contributed by atoms with E-state index in [4.69, 9.17) is 47.9 Å². The lowest BCUT2D eigenvalue weighted by molar-refractivity contribution is -0.138. The molecule has 5 aromatic rings. The van der Waals surface area contributed by atoms with Crippen LogP contribution < -0.4 is 28.4 Å². The van der Waals surface area contributed by atoms with E-state index in [1.54, 1.807) is 116 Å². The molecule has 16 heteroatoms. The van der Waals surface area contributed by atoms with Crippen LogP contribution in [0.3, 0.4) is 0 Å². The lowest BCUT2D eigenvalue weighted by Gasteiger charge is -2.11. The van der Waals surface area contributed by atoms with E-state index in [0.717, 1.165) is 43.9 Å². The Morgan fingerprint density at radius 1 is 0.431 bits per heavy atom. The summed E-state index contributed by atoms with van der Waals surface area (Å²) in [5.74, 6) is -0.173. The monoisotopic (exact) mass is 981 g/mol. The highest BCUT2D eigenvalue weighted by atomic mass is 16.6. The number of rotatable bonds is 27. The molecule has 0 aliphatic heterocycles. The van der Waals surface area contributed by atoms with Crippen molar-refractivity contribution >= 4 is 35.8 Å². The van der Waals surface area contributed by atoms with Gasteiger partial charge in [0.25, 0.3) is 0 Å². The zero-order valence-electron chi connectivity index (χ0n) is 39.9. The first-order chi connectivity index (χ1) is 34.9. The maximum atomic E-state index is 12.6. The van der Waals surface area contributed by atoms with E-state index in [1.165, 1.54) is 6.07 Å². The van der Waals surface area contributed by atoms with Gasteiger partial charge in [-0.15, -0.1) is 0 Å². The van der Waals surface area contributed by atoms with E-state index in [2.05, 4.69) is 19.7 Å². The molecule has 0 saturated heterocycles. The highest BCUT2D eigenvalue weighted by Crippen LogP contribution is 2.26. The third kappa shape index (κ3) is 20.7. The topological polar surface area (TPSA) is 209 Å². The van der Waals surface area contributed by atoms with Crippen molar-refractivity contribution in [1.82, 2.24) is 0 Å². The molecule has 0 unspecified atom stereocenters. The van der Waals surface area contributed by atoms with E-state index < -0.39 is 35.8 Å². The molecule has 374 valence electrons. The molecular weight excluding hydrogens is 927 g/mol. The van der Waals surface area contributed by atoms with Crippen LogP contribution in [0, 0.1) is 18.3 Å². The van der Waals surface area contributed by atoms with Crippen molar-refractivity contribution in [1.29, 1.82) is 5.26 Å². The number of carbonyl (C=O) groups excluding carboxylic acids is 6. The maximum Gasteiger partial charge on any atom is 0.343 e. The molecule has 0 heterocycles. The molecule has 0 saturated carbocycles. The van der Waals surface area contributed by atoms with Crippen LogP contribution in [0.15, 0.2) is 153 Å². The maximum absolute atomic E-state index is 12.6. The number of ether oxygens (including phenoxy) is 9. The van der Waals surface area contributed by atoms with Crippen LogP contribution in [-0.4, -0.2) is 75.5 Å². The standard InChI is InChI=1S/C33H32O10.C23H23NO5/c1-4-30(34)40-20-6-18-38-26-12-8-24(9-13-26)32(36)42-28-16-17-29(23(3)22-28)43-33(37)25-10-14-27(15-11-25)39-19-7-21-41-31(35)5-2;1-2-22(25)28-16-6-4-3-5-15-27-20-13-9-19(10-14-20)23(26)29-21-11-7-18(17-24)8-12-21/h4-5,8-17,22H,1-2,6-7,18-21H2,3H3;2,7-14H,1,3-6,15-16H2. The van der Waals surface area contributed by atoms with Gasteiger partial charge in [-0.25, -0.2) is 28.8 Å². The zero-order valence-corrected chi connectivity index (χ0v) is 39.9. The molecule has 5 aromatic carbocycles. The van der Waals surface area contributed by atoms with Crippen molar-refractivity contribution < 1.29 is 71.4 Å². The molecule has 0 spiro atoms. The molecule has 72 heavy (non-hydrogen) atoms. The average Bonchev–Trinajstić information content (AvgIpc) is 3.40. The minimum Gasteiger partial charge on any atom is -0.494 e. The van der Waals surface area contributed by atoms with Crippen LogP contribution in [0.1, 0.15) is 80.7 Å². The van der Waals surface area contributed by atoms with E-state index in [-0.39, 0.29) is 19.0 Å². The molecule has 0 N–H and O–H groups in total. The smallest absolute Gasteiger partial charge is 0.343 e. The Bertz CT molecular complexity index is 2630. The van der Waals surface area contributed by atoms with Crippen LogP contribution in [-0.2, 0) is 28.6 Å². The van der Waals surface area contributed by atoms with Gasteiger partial charge < -0.3 is 42.6 Å². The number of aryl methyl sites for hydroxylation is 1. The summed E-state index contributed by atoms with van der Waals surface area (Å²) in [4.78, 5) is 70.3. The largest absolute Gasteiger partial charge is 0.494 e. The number of hydrogen-bond donors (Lipinski definition) is 0. The second kappa shape index (κ2) is 31.2. The van der Waals surface area contributed by atoms with Gasteiger partial charge in [-0.2, -0.15) is 5.26 Å². The van der Waals surface area contributed by atoms with Crippen molar-refractivity contribution in [3.63, 3.8) is 0 Å². The molecule has 0 amide bonds. The van der Waals surface area contributed by atoms with Gasteiger partial charge in [0, 0.05) is 31.1 Å². The van der Waals surface area contributed by atoms with E-state index in [1.807, 2.05) is 6.07 Å². The summed E-state index contributed by atoms with van der Waals surface area (Å²) in [5.41, 5.74) is 2.16. The van der Waals surface area contributed by atoms with Crippen LogP contribution in [0.2, 0.25) is 0 Å². The molecule has 16 nitrogen and oxygen atoms in total. The second-order valence-corrected chi connectivity index (χ2v) is 15.1. The average molecular weight is 982 g/mol. The van der Waals surface area contributed by atoms with Crippen LogP contribution in [0.5, 0.6) is 34.5 Å². The minimum absolute atomic E-state index is 0.218. The lowest BCUT2D eigenvalue weighted by atomic mass is 10.2. The minimum atomic E-state index is -0.563. The summed E-state index contributed by atoms with van der Waals surface area (Å²) < 4.78 is 47.8. The number of unbranched alkanes of at least 4 members (excludes halogenated alkanes) is 3. The van der Waals surface area contributed by atoms with Gasteiger partial charge in [-0.05, 0) is 153 Å². The molecule has 0 aromatic heterocycles. The van der Waals surface area contributed by atoms with Gasteiger partial charge in [0.1, 0.15) is 34.5 Å². The quantitative estimate of drug-likeness (QED) is 0.0158. The summed E-state index contributed by atoms with van der Waals surface area (Å²) in [7, 11) is 0. The Hall–Kier alpha value is -8.97. The molecule has 0 atom stereocenters. The van der Waals surface area contributed by atoms with Crippen LogP contribution in [0.4, 0.5) is 0 Å². The summed E-state index contributed by atoms with van der Waals surface area (Å²) in [6.45, 7) is 13.8. The number of hydrogen-bond acceptors (Lipinski definition) is 16. The lowest BCUT2D eigenvalue weighted by Crippen LogP contribution is -2.11. The number of carbonyl (C=O) groups is 6. The Balaban J connectivity index is 0.000000337. The zero-order chi connectivity index (χ0) is 51.9. The predicted molar refractivity (Wildman–Crippen MR) is 264 cm³/mol. The summed E-state index contributed by atoms with van der Waals surface area (Å²) in [5, 5.41) is 8.78. The first-order valence-electron chi connectivity index (χ1n) is 22.7. The fourth-order valence-corrected chi connectivity index (χ4v) is 5.89. The van der Waals surface area contributed by atoms with Gasteiger partial charge >= 0.3 is 35.8 Å².